The maximum Gasteiger partial charge on any atom is 0.237 e. The lowest BCUT2D eigenvalue weighted by Crippen LogP contribution is -2.07. The van der Waals surface area contributed by atoms with Crippen LogP contribution in [0.4, 0.5) is 5.69 Å². The molecule has 0 saturated heterocycles. The van der Waals surface area contributed by atoms with Crippen LogP contribution in [0.1, 0.15) is 17.0 Å². The number of nitrogens with one attached hydrogen (secondary N) is 1. The summed E-state index contributed by atoms with van der Waals surface area (Å²) >= 11 is 5.92. The molecule has 0 atom stereocenters. The Bertz CT molecular complexity index is 840. The average Bonchev–Trinajstić information content (AvgIpc) is 2.95. The van der Waals surface area contributed by atoms with Gasteiger partial charge in [0.2, 0.25) is 5.88 Å². The zero-order chi connectivity index (χ0) is 17.8. The Hall–Kier alpha value is -2.53. The van der Waals surface area contributed by atoms with Gasteiger partial charge in [0.15, 0.2) is 0 Å². The Morgan fingerprint density at radius 3 is 2.60 bits per heavy atom. The van der Waals surface area contributed by atoms with Gasteiger partial charge in [0.25, 0.3) is 0 Å². The molecule has 0 unspecified atom stereocenters. The lowest BCUT2D eigenvalue weighted by molar-refractivity contribution is 0.393. The highest BCUT2D eigenvalue weighted by Gasteiger charge is 2.14. The first-order valence-corrected chi connectivity index (χ1v) is 8.42. The number of nitrogens with zero attached hydrogens (tertiary/aromatic N) is 2. The molecule has 3 rings (SSSR count). The minimum atomic E-state index is 0.562. The molecule has 25 heavy (non-hydrogen) atoms. The molecular formula is C19H20ClN3O2. The molecule has 2 aromatic heterocycles. The van der Waals surface area contributed by atoms with Gasteiger partial charge in [-0.2, -0.15) is 0 Å². The second kappa shape index (κ2) is 7.57. The second-order valence-corrected chi connectivity index (χ2v) is 6.22. The van der Waals surface area contributed by atoms with E-state index in [0.717, 1.165) is 46.3 Å². The third kappa shape index (κ3) is 3.94. The van der Waals surface area contributed by atoms with E-state index in [1.54, 1.807) is 13.3 Å². The van der Waals surface area contributed by atoms with E-state index in [0.29, 0.717) is 5.88 Å². The summed E-state index contributed by atoms with van der Waals surface area (Å²) in [5.41, 5.74) is 4.82. The van der Waals surface area contributed by atoms with E-state index in [9.17, 15) is 0 Å². The largest absolute Gasteiger partial charge is 0.480 e. The number of hydrogen-bond acceptors (Lipinski definition) is 5. The lowest BCUT2D eigenvalue weighted by Gasteiger charge is -2.12. The van der Waals surface area contributed by atoms with Crippen LogP contribution in [0.25, 0.3) is 11.1 Å². The average molecular weight is 358 g/mol. The number of halogens is 1. The standard InChI is InChI=1S/C19H20ClN3O2/c1-12-18(13(2)25-23-12)15-10-17(19(24-3)22-11-15)21-9-8-14-4-6-16(20)7-5-14/h4-7,10-11,21H,8-9H2,1-3H3. The molecule has 0 spiro atoms. The molecule has 6 heteroatoms. The Balaban J connectivity index is 1.77. The highest BCUT2D eigenvalue weighted by molar-refractivity contribution is 6.30. The Morgan fingerprint density at radius 2 is 1.96 bits per heavy atom. The summed E-state index contributed by atoms with van der Waals surface area (Å²) in [6, 6.07) is 9.87. The summed E-state index contributed by atoms with van der Waals surface area (Å²) in [6.07, 6.45) is 2.64. The van der Waals surface area contributed by atoms with Crippen molar-refractivity contribution < 1.29 is 9.26 Å². The number of methoxy groups -OCH3 is 1. The summed E-state index contributed by atoms with van der Waals surface area (Å²) in [5.74, 6) is 1.34. The van der Waals surface area contributed by atoms with Gasteiger partial charge < -0.3 is 14.6 Å². The van der Waals surface area contributed by atoms with E-state index in [2.05, 4.69) is 15.5 Å². The molecule has 0 bridgehead atoms. The predicted octanol–water partition coefficient (Wildman–Crippen LogP) is 4.67. The lowest BCUT2D eigenvalue weighted by atomic mass is 10.1. The van der Waals surface area contributed by atoms with Crippen LogP contribution >= 0.6 is 11.6 Å². The molecule has 0 aliphatic carbocycles. The molecule has 2 heterocycles. The highest BCUT2D eigenvalue weighted by atomic mass is 35.5. The van der Waals surface area contributed by atoms with E-state index in [1.807, 2.05) is 44.2 Å². The summed E-state index contributed by atoms with van der Waals surface area (Å²) in [7, 11) is 1.61. The maximum absolute atomic E-state index is 5.92. The van der Waals surface area contributed by atoms with Crippen molar-refractivity contribution >= 4 is 17.3 Å². The van der Waals surface area contributed by atoms with E-state index >= 15 is 0 Å². The van der Waals surface area contributed by atoms with Gasteiger partial charge in [0.05, 0.1) is 18.5 Å². The number of ether oxygens (including phenoxy) is 1. The highest BCUT2D eigenvalue weighted by Crippen LogP contribution is 2.31. The molecule has 0 saturated carbocycles. The molecule has 0 amide bonds. The molecule has 130 valence electrons. The molecule has 0 aliphatic heterocycles. The van der Waals surface area contributed by atoms with Crippen molar-refractivity contribution in [3.63, 3.8) is 0 Å². The quantitative estimate of drug-likeness (QED) is 0.694. The van der Waals surface area contributed by atoms with Crippen molar-refractivity contribution in [3.8, 4) is 17.0 Å². The van der Waals surface area contributed by atoms with Crippen molar-refractivity contribution in [2.75, 3.05) is 19.0 Å². The summed E-state index contributed by atoms with van der Waals surface area (Å²) in [5, 5.41) is 8.15. The van der Waals surface area contributed by atoms with Crippen molar-refractivity contribution in [3.05, 3.63) is 58.6 Å². The summed E-state index contributed by atoms with van der Waals surface area (Å²) in [6.45, 7) is 4.57. The van der Waals surface area contributed by atoms with E-state index in [1.165, 1.54) is 5.56 Å². The number of aromatic nitrogens is 2. The number of benzene rings is 1. The molecular weight excluding hydrogens is 338 g/mol. The third-order valence-electron chi connectivity index (χ3n) is 4.01. The minimum absolute atomic E-state index is 0.562. The monoisotopic (exact) mass is 357 g/mol. The van der Waals surface area contributed by atoms with Crippen LogP contribution < -0.4 is 10.1 Å². The number of pyridine rings is 1. The molecule has 5 nitrogen and oxygen atoms in total. The first-order chi connectivity index (χ1) is 12.1. The van der Waals surface area contributed by atoms with Crippen LogP contribution in [0.3, 0.4) is 0 Å². The number of anilines is 1. The Morgan fingerprint density at radius 1 is 1.20 bits per heavy atom. The summed E-state index contributed by atoms with van der Waals surface area (Å²) < 4.78 is 10.6. The number of rotatable bonds is 6. The van der Waals surface area contributed by atoms with Crippen LogP contribution in [-0.4, -0.2) is 23.8 Å². The first kappa shape index (κ1) is 17.3. The zero-order valence-electron chi connectivity index (χ0n) is 14.5. The third-order valence-corrected chi connectivity index (χ3v) is 4.26. The van der Waals surface area contributed by atoms with Gasteiger partial charge in [-0.05, 0) is 44.0 Å². The van der Waals surface area contributed by atoms with Crippen molar-refractivity contribution in [1.82, 2.24) is 10.1 Å². The predicted molar refractivity (Wildman–Crippen MR) is 99.4 cm³/mol. The van der Waals surface area contributed by atoms with Gasteiger partial charge in [0.1, 0.15) is 5.76 Å². The topological polar surface area (TPSA) is 60.2 Å². The van der Waals surface area contributed by atoms with Gasteiger partial charge >= 0.3 is 0 Å². The van der Waals surface area contributed by atoms with Crippen molar-refractivity contribution in [2.45, 2.75) is 20.3 Å². The van der Waals surface area contributed by atoms with Crippen LogP contribution in [0, 0.1) is 13.8 Å². The van der Waals surface area contributed by atoms with Crippen molar-refractivity contribution in [1.29, 1.82) is 0 Å². The molecule has 1 N–H and O–H groups in total. The number of aryl methyl sites for hydroxylation is 2. The van der Waals surface area contributed by atoms with Crippen molar-refractivity contribution in [2.24, 2.45) is 0 Å². The van der Waals surface area contributed by atoms with Crippen LogP contribution in [0.2, 0.25) is 5.02 Å². The van der Waals surface area contributed by atoms with E-state index in [4.69, 9.17) is 20.9 Å². The van der Waals surface area contributed by atoms with Gasteiger partial charge in [-0.15, -0.1) is 0 Å². The van der Waals surface area contributed by atoms with Gasteiger partial charge in [-0.1, -0.05) is 28.9 Å². The normalized spacial score (nSPS) is 10.7. The SMILES string of the molecule is COc1ncc(-c2c(C)noc2C)cc1NCCc1ccc(Cl)cc1. The molecule has 3 aromatic rings. The fraction of sp³-hybridized carbons (Fsp3) is 0.263. The fourth-order valence-electron chi connectivity index (χ4n) is 2.77. The van der Waals surface area contributed by atoms with E-state index in [-0.39, 0.29) is 0 Å². The molecule has 0 fully saturated rings. The van der Waals surface area contributed by atoms with Gasteiger partial charge in [0, 0.05) is 28.9 Å². The van der Waals surface area contributed by atoms with Gasteiger partial charge in [-0.3, -0.25) is 0 Å². The van der Waals surface area contributed by atoms with Crippen LogP contribution in [-0.2, 0) is 6.42 Å². The van der Waals surface area contributed by atoms with E-state index < -0.39 is 0 Å². The van der Waals surface area contributed by atoms with Crippen LogP contribution in [0.5, 0.6) is 5.88 Å². The molecule has 0 aliphatic rings. The molecule has 1 aromatic carbocycles. The summed E-state index contributed by atoms with van der Waals surface area (Å²) in [4.78, 5) is 4.40. The maximum atomic E-state index is 5.92. The van der Waals surface area contributed by atoms with Gasteiger partial charge in [-0.25, -0.2) is 4.98 Å². The minimum Gasteiger partial charge on any atom is -0.480 e. The Kier molecular flexibility index (Phi) is 5.24. The van der Waals surface area contributed by atoms with Crippen LogP contribution in [0.15, 0.2) is 41.1 Å². The molecule has 0 radical (unpaired) electrons. The smallest absolute Gasteiger partial charge is 0.237 e. The zero-order valence-corrected chi connectivity index (χ0v) is 15.2. The first-order valence-electron chi connectivity index (χ1n) is 8.04. The number of hydrogen-bond donors (Lipinski definition) is 1. The Labute approximate surface area is 152 Å². The fourth-order valence-corrected chi connectivity index (χ4v) is 2.89. The second-order valence-electron chi connectivity index (χ2n) is 5.78.